The Morgan fingerprint density at radius 2 is 1.85 bits per heavy atom. The Morgan fingerprint density at radius 3 is 2.53 bits per heavy atom. The number of carbonyl (C=O) groups excluding carboxylic acids is 3. The summed E-state index contributed by atoms with van der Waals surface area (Å²) in [5, 5.41) is 6.21. The van der Waals surface area contributed by atoms with E-state index in [4.69, 9.17) is 9.47 Å². The van der Waals surface area contributed by atoms with Gasteiger partial charge in [-0.05, 0) is 51.4 Å². The van der Waals surface area contributed by atoms with Crippen LogP contribution in [0.2, 0.25) is 0 Å². The summed E-state index contributed by atoms with van der Waals surface area (Å²) >= 11 is 0. The van der Waals surface area contributed by atoms with Crippen molar-refractivity contribution in [1.29, 1.82) is 0 Å². The lowest BCUT2D eigenvalue weighted by atomic mass is 10.1. The van der Waals surface area contributed by atoms with E-state index in [9.17, 15) is 14.4 Å². The van der Waals surface area contributed by atoms with Gasteiger partial charge in [0.1, 0.15) is 18.4 Å². The van der Waals surface area contributed by atoms with Crippen molar-refractivity contribution >= 4 is 29.9 Å². The highest BCUT2D eigenvalue weighted by Gasteiger charge is 2.54. The molecule has 2 atom stereocenters. The normalized spacial score (nSPS) is 21.1. The summed E-state index contributed by atoms with van der Waals surface area (Å²) < 4.78 is 10.3. The largest absolute Gasteiger partial charge is 0.537 e. The molecule has 1 saturated heterocycles. The number of amides is 3. The minimum atomic E-state index is -0.911. The topological polar surface area (TPSA) is 93.7 Å². The fourth-order valence-electron chi connectivity index (χ4n) is 4.00. The first-order valence-electron chi connectivity index (χ1n) is 11.4. The molecule has 2 aliphatic heterocycles. The number of hydrogen-bond donors (Lipinski definition) is 2. The molecule has 178 valence electrons. The molecule has 8 heteroatoms. The quantitative estimate of drug-likeness (QED) is 0.654. The van der Waals surface area contributed by atoms with Crippen LogP contribution < -0.4 is 15.1 Å². The number of carbonyl (C=O) groups is 3. The lowest BCUT2D eigenvalue weighted by Crippen LogP contribution is -2.55. The van der Waals surface area contributed by atoms with E-state index in [1.807, 2.05) is 30.3 Å². The summed E-state index contributed by atoms with van der Waals surface area (Å²) in [5.41, 5.74) is 1.28. The maximum atomic E-state index is 13.5. The van der Waals surface area contributed by atoms with Gasteiger partial charge in [-0.3, -0.25) is 4.79 Å². The van der Waals surface area contributed by atoms with Gasteiger partial charge in [-0.2, -0.15) is 9.59 Å². The van der Waals surface area contributed by atoms with Crippen LogP contribution in [0.1, 0.15) is 48.7 Å². The van der Waals surface area contributed by atoms with Gasteiger partial charge in [0, 0.05) is 35.9 Å². The van der Waals surface area contributed by atoms with Crippen LogP contribution in [-0.4, -0.2) is 42.8 Å². The van der Waals surface area contributed by atoms with E-state index in [2.05, 4.69) is 10.6 Å². The van der Waals surface area contributed by atoms with Crippen LogP contribution in [0.4, 0.5) is 15.3 Å². The average molecular weight is 465 g/mol. The predicted molar refractivity (Wildman–Crippen MR) is 129 cm³/mol. The number of benzene rings is 2. The number of hydrogen-bond acceptors (Lipinski definition) is 6. The lowest BCUT2D eigenvalue weighted by Gasteiger charge is -2.28. The third-order valence-corrected chi connectivity index (χ3v) is 5.72. The van der Waals surface area contributed by atoms with Crippen molar-refractivity contribution in [2.75, 3.05) is 13.1 Å². The van der Waals surface area contributed by atoms with Crippen LogP contribution in [0.15, 0.2) is 54.7 Å². The highest BCUT2D eigenvalue weighted by Crippen LogP contribution is 2.39. The third kappa shape index (κ3) is 4.88. The number of fused-ring (bicyclic) bond motifs is 1. The second-order valence-electron chi connectivity index (χ2n) is 9.50. The fraction of sp³-hybridized carbons (Fsp3) is 0.346. The first-order chi connectivity index (χ1) is 16.2. The first kappa shape index (κ1) is 23.7. The first-order valence-corrected chi connectivity index (χ1v) is 11.4. The molecule has 2 aromatic rings. The SMILES string of the molecule is CC(C)(C)OC(=O)[N+]1(C(=O)OCc2ccccc2)C=Cc2ccc(C(=O)N[C@@H]3CCNC3)cc21. The minimum Gasteiger partial charge on any atom is -0.414 e. The second-order valence-corrected chi connectivity index (χ2v) is 9.50. The van der Waals surface area contributed by atoms with E-state index >= 15 is 0 Å². The molecular formula is C26H30N3O5+. The van der Waals surface area contributed by atoms with Gasteiger partial charge in [-0.25, -0.2) is 0 Å². The highest BCUT2D eigenvalue weighted by molar-refractivity contribution is 6.10. The zero-order chi connectivity index (χ0) is 24.3. The lowest BCUT2D eigenvalue weighted by molar-refractivity contribution is 0.0309. The van der Waals surface area contributed by atoms with Crippen LogP contribution in [0.3, 0.4) is 0 Å². The van der Waals surface area contributed by atoms with Crippen molar-refractivity contribution in [3.8, 4) is 0 Å². The van der Waals surface area contributed by atoms with Crippen molar-refractivity contribution in [3.05, 3.63) is 71.4 Å². The summed E-state index contributed by atoms with van der Waals surface area (Å²) in [7, 11) is 0. The molecule has 0 bridgehead atoms. The molecule has 4 rings (SSSR count). The summed E-state index contributed by atoms with van der Waals surface area (Å²) in [6.45, 7) is 6.76. The molecule has 0 aromatic heterocycles. The van der Waals surface area contributed by atoms with Crippen molar-refractivity contribution in [2.24, 2.45) is 0 Å². The van der Waals surface area contributed by atoms with Gasteiger partial charge in [0.25, 0.3) is 5.91 Å². The molecule has 1 fully saturated rings. The van der Waals surface area contributed by atoms with Crippen molar-refractivity contribution in [1.82, 2.24) is 15.1 Å². The van der Waals surface area contributed by atoms with Crippen LogP contribution in [0.25, 0.3) is 6.08 Å². The van der Waals surface area contributed by atoms with Crippen molar-refractivity contribution < 1.29 is 23.9 Å². The van der Waals surface area contributed by atoms with Crippen LogP contribution in [0.5, 0.6) is 0 Å². The molecule has 34 heavy (non-hydrogen) atoms. The molecule has 0 spiro atoms. The fourth-order valence-corrected chi connectivity index (χ4v) is 4.00. The maximum Gasteiger partial charge on any atom is 0.537 e. The minimum absolute atomic E-state index is 0.000497. The van der Waals surface area contributed by atoms with E-state index in [-0.39, 0.29) is 18.6 Å². The number of nitrogens with zero attached hydrogens (tertiary/aromatic N) is 1. The standard InChI is InChI=1S/C26H29N3O5/c1-26(2,3)34-25(32)29(24(31)33-17-18-7-5-4-6-8-18)14-12-19-9-10-20(15-22(19)29)23(30)28-21-11-13-27-16-21/h4-10,12,14-15,21,27H,11,13,16-17H2,1-3H3/p+1/t21-,29?/m1/s1. The van der Waals surface area contributed by atoms with E-state index in [1.165, 1.54) is 6.20 Å². The number of quaternary nitrogens is 1. The van der Waals surface area contributed by atoms with Gasteiger partial charge in [-0.15, -0.1) is 0 Å². The van der Waals surface area contributed by atoms with Gasteiger partial charge >= 0.3 is 12.2 Å². The van der Waals surface area contributed by atoms with Gasteiger partial charge < -0.3 is 20.1 Å². The molecule has 3 amide bonds. The molecule has 0 saturated carbocycles. The molecular weight excluding hydrogens is 434 g/mol. The number of imide groups is 1. The van der Waals surface area contributed by atoms with E-state index in [0.717, 1.165) is 18.5 Å². The number of rotatable bonds is 4. The monoisotopic (exact) mass is 464 g/mol. The van der Waals surface area contributed by atoms with Crippen molar-refractivity contribution in [3.63, 3.8) is 0 Å². The molecule has 8 nitrogen and oxygen atoms in total. The van der Waals surface area contributed by atoms with Crippen LogP contribution in [-0.2, 0) is 16.1 Å². The smallest absolute Gasteiger partial charge is 0.414 e. The Labute approximate surface area is 199 Å². The zero-order valence-electron chi connectivity index (χ0n) is 19.7. The Bertz CT molecular complexity index is 1120. The van der Waals surface area contributed by atoms with Gasteiger partial charge in [0.05, 0.1) is 0 Å². The van der Waals surface area contributed by atoms with E-state index in [0.29, 0.717) is 23.4 Å². The molecule has 2 aromatic carbocycles. The Kier molecular flexibility index (Phi) is 6.54. The third-order valence-electron chi connectivity index (χ3n) is 5.72. The molecule has 0 radical (unpaired) electrons. The molecule has 1 unspecified atom stereocenters. The Balaban J connectivity index is 1.66. The van der Waals surface area contributed by atoms with E-state index < -0.39 is 22.3 Å². The number of ether oxygens (including phenoxy) is 2. The molecule has 2 aliphatic rings. The molecule has 2 heterocycles. The summed E-state index contributed by atoms with van der Waals surface area (Å²) in [6.07, 6.45) is 2.38. The zero-order valence-corrected chi connectivity index (χ0v) is 19.7. The summed E-state index contributed by atoms with van der Waals surface area (Å²) in [6, 6.07) is 14.2. The van der Waals surface area contributed by atoms with Gasteiger partial charge in [-0.1, -0.05) is 34.8 Å². The van der Waals surface area contributed by atoms with Crippen LogP contribution in [0, 0.1) is 0 Å². The van der Waals surface area contributed by atoms with Gasteiger partial charge in [0.2, 0.25) is 0 Å². The Morgan fingerprint density at radius 1 is 1.09 bits per heavy atom. The Hall–Kier alpha value is -3.49. The summed E-state index contributed by atoms with van der Waals surface area (Å²) in [4.78, 5) is 39.8. The number of nitrogens with one attached hydrogen (secondary N) is 2. The average Bonchev–Trinajstić information content (AvgIpc) is 3.45. The molecule has 2 N–H and O–H groups in total. The maximum absolute atomic E-state index is 13.5. The second kappa shape index (κ2) is 9.40. The van der Waals surface area contributed by atoms with Crippen LogP contribution >= 0.6 is 0 Å². The van der Waals surface area contributed by atoms with Crippen molar-refractivity contribution in [2.45, 2.75) is 45.4 Å². The molecule has 0 aliphatic carbocycles. The highest BCUT2D eigenvalue weighted by atomic mass is 16.6. The summed E-state index contributed by atoms with van der Waals surface area (Å²) in [5.74, 6) is -0.261. The van der Waals surface area contributed by atoms with E-state index in [1.54, 1.807) is 45.0 Å². The predicted octanol–water partition coefficient (Wildman–Crippen LogP) is 4.34. The van der Waals surface area contributed by atoms with Gasteiger partial charge in [0.15, 0.2) is 5.69 Å².